The van der Waals surface area contributed by atoms with E-state index in [1.165, 1.54) is 11.1 Å². The monoisotopic (exact) mass is 215 g/mol. The molecule has 0 amide bonds. The Morgan fingerprint density at radius 1 is 1.25 bits per heavy atom. The molecule has 2 heterocycles. The minimum absolute atomic E-state index is 0.208. The molecule has 1 aromatic carbocycles. The molecule has 1 saturated heterocycles. The van der Waals surface area contributed by atoms with Gasteiger partial charge in [-0.25, -0.2) is 0 Å². The lowest BCUT2D eigenvalue weighted by Crippen LogP contribution is -2.31. The third kappa shape index (κ3) is 1.68. The van der Waals surface area contributed by atoms with Crippen molar-refractivity contribution in [2.24, 2.45) is 5.92 Å². The summed E-state index contributed by atoms with van der Waals surface area (Å²) >= 11 is 0. The summed E-state index contributed by atoms with van der Waals surface area (Å²) in [6.45, 7) is 3.06. The molecule has 0 radical (unpaired) electrons. The summed E-state index contributed by atoms with van der Waals surface area (Å²) in [5.41, 5.74) is 2.78. The smallest absolute Gasteiger partial charge is 0.104 e. The van der Waals surface area contributed by atoms with Crippen LogP contribution in [-0.2, 0) is 4.74 Å². The molecular formula is C14H17NO. The molecule has 1 fully saturated rings. The van der Waals surface area contributed by atoms with Crippen molar-refractivity contribution in [1.82, 2.24) is 4.90 Å². The quantitative estimate of drug-likeness (QED) is 0.666. The van der Waals surface area contributed by atoms with Crippen molar-refractivity contribution in [2.45, 2.75) is 6.10 Å². The fraction of sp³-hybridized carbons (Fsp3) is 0.429. The lowest BCUT2D eigenvalue weighted by Gasteiger charge is -2.26. The molecule has 0 aliphatic carbocycles. The molecule has 0 saturated carbocycles. The third-order valence-corrected chi connectivity index (χ3v) is 3.51. The molecule has 2 aliphatic heterocycles. The van der Waals surface area contributed by atoms with Gasteiger partial charge in [-0.15, -0.1) is 0 Å². The van der Waals surface area contributed by atoms with Crippen LogP contribution < -0.4 is 0 Å². The Kier molecular flexibility index (Phi) is 2.54. The Labute approximate surface area is 96.5 Å². The van der Waals surface area contributed by atoms with Gasteiger partial charge in [0.1, 0.15) is 6.10 Å². The Morgan fingerprint density at radius 2 is 2.06 bits per heavy atom. The van der Waals surface area contributed by atoms with Gasteiger partial charge in [0.2, 0.25) is 0 Å². The van der Waals surface area contributed by atoms with Crippen molar-refractivity contribution >= 4 is 0 Å². The van der Waals surface area contributed by atoms with Crippen molar-refractivity contribution in [2.75, 3.05) is 26.7 Å². The Bertz CT molecular complexity index is 398. The van der Waals surface area contributed by atoms with E-state index in [2.05, 4.69) is 48.4 Å². The Morgan fingerprint density at radius 3 is 2.88 bits per heavy atom. The number of fused-ring (bicyclic) bond motifs is 1. The summed E-state index contributed by atoms with van der Waals surface area (Å²) < 4.78 is 5.94. The molecule has 2 aliphatic rings. The molecular weight excluding hydrogens is 198 g/mol. The predicted octanol–water partition coefficient (Wildman–Crippen LogP) is 2.25. The number of benzene rings is 1. The maximum atomic E-state index is 5.94. The summed E-state index contributed by atoms with van der Waals surface area (Å²) in [6.07, 6.45) is 2.55. The molecule has 0 N–H and O–H groups in total. The van der Waals surface area contributed by atoms with E-state index >= 15 is 0 Å². The van der Waals surface area contributed by atoms with E-state index in [1.807, 2.05) is 0 Å². The van der Waals surface area contributed by atoms with E-state index in [0.717, 1.165) is 19.7 Å². The topological polar surface area (TPSA) is 12.5 Å². The van der Waals surface area contributed by atoms with Crippen LogP contribution >= 0.6 is 0 Å². The fourth-order valence-corrected chi connectivity index (χ4v) is 2.68. The highest BCUT2D eigenvalue weighted by Gasteiger charge is 2.34. The van der Waals surface area contributed by atoms with E-state index in [0.29, 0.717) is 5.92 Å². The molecule has 3 rings (SSSR count). The zero-order valence-corrected chi connectivity index (χ0v) is 9.60. The highest BCUT2D eigenvalue weighted by Crippen LogP contribution is 2.39. The van der Waals surface area contributed by atoms with Crippen molar-refractivity contribution in [1.29, 1.82) is 0 Å². The highest BCUT2D eigenvalue weighted by molar-refractivity contribution is 5.31. The predicted molar refractivity (Wildman–Crippen MR) is 64.2 cm³/mol. The lowest BCUT2D eigenvalue weighted by molar-refractivity contribution is 0.113. The summed E-state index contributed by atoms with van der Waals surface area (Å²) in [5, 5.41) is 0. The second-order valence-corrected chi connectivity index (χ2v) is 4.75. The second-order valence-electron chi connectivity index (χ2n) is 4.75. The molecule has 0 bridgehead atoms. The van der Waals surface area contributed by atoms with Crippen LogP contribution in [-0.4, -0.2) is 31.6 Å². The normalized spacial score (nSPS) is 29.9. The van der Waals surface area contributed by atoms with Crippen molar-refractivity contribution in [3.8, 4) is 0 Å². The maximum absolute atomic E-state index is 5.94. The summed E-state index contributed by atoms with van der Waals surface area (Å²) in [5.74, 6) is 0.601. The van der Waals surface area contributed by atoms with Gasteiger partial charge < -0.3 is 9.64 Å². The number of likely N-dealkylation sites (N-methyl/N-ethyl adjacent to an activating group) is 1. The first-order valence-corrected chi connectivity index (χ1v) is 5.89. The zero-order chi connectivity index (χ0) is 11.0. The second kappa shape index (κ2) is 4.04. The van der Waals surface area contributed by atoms with Crippen LogP contribution in [0.3, 0.4) is 0 Å². The summed E-state index contributed by atoms with van der Waals surface area (Å²) in [4.78, 5) is 2.35. The Hall–Kier alpha value is -1.12. The van der Waals surface area contributed by atoms with Gasteiger partial charge >= 0.3 is 0 Å². The zero-order valence-electron chi connectivity index (χ0n) is 9.60. The number of hydrogen-bond acceptors (Lipinski definition) is 2. The van der Waals surface area contributed by atoms with Gasteiger partial charge in [-0.3, -0.25) is 0 Å². The minimum atomic E-state index is 0.208. The highest BCUT2D eigenvalue weighted by atomic mass is 16.5. The minimum Gasteiger partial charge on any atom is -0.368 e. The number of ether oxygens (including phenoxy) is 1. The van der Waals surface area contributed by atoms with E-state index in [-0.39, 0.29) is 6.10 Å². The SMILES string of the molecule is CN1CC=C2C(COC2c2ccccc2)C1. The van der Waals surface area contributed by atoms with Gasteiger partial charge in [-0.2, -0.15) is 0 Å². The standard InChI is InChI=1S/C14H17NO/c1-15-8-7-13-12(9-15)10-16-14(13)11-5-3-2-4-6-11/h2-7,12,14H,8-10H2,1H3. The Balaban J connectivity index is 1.89. The number of hydrogen-bond donors (Lipinski definition) is 0. The van der Waals surface area contributed by atoms with Gasteiger partial charge in [-0.1, -0.05) is 36.4 Å². The van der Waals surface area contributed by atoms with Gasteiger partial charge in [0, 0.05) is 19.0 Å². The van der Waals surface area contributed by atoms with Gasteiger partial charge in [0.05, 0.1) is 6.61 Å². The third-order valence-electron chi connectivity index (χ3n) is 3.51. The van der Waals surface area contributed by atoms with Crippen molar-refractivity contribution in [3.63, 3.8) is 0 Å². The molecule has 2 unspecified atom stereocenters. The summed E-state index contributed by atoms with van der Waals surface area (Å²) in [7, 11) is 2.17. The molecule has 0 spiro atoms. The number of rotatable bonds is 1. The van der Waals surface area contributed by atoms with Crippen molar-refractivity contribution < 1.29 is 4.74 Å². The van der Waals surface area contributed by atoms with Crippen LogP contribution in [0.1, 0.15) is 11.7 Å². The van der Waals surface area contributed by atoms with Gasteiger partial charge in [0.25, 0.3) is 0 Å². The first-order valence-electron chi connectivity index (χ1n) is 5.89. The molecule has 2 nitrogen and oxygen atoms in total. The van der Waals surface area contributed by atoms with E-state index in [4.69, 9.17) is 4.74 Å². The molecule has 1 aromatic rings. The van der Waals surface area contributed by atoms with Crippen LogP contribution in [0.25, 0.3) is 0 Å². The average molecular weight is 215 g/mol. The van der Waals surface area contributed by atoms with Crippen LogP contribution in [0.2, 0.25) is 0 Å². The van der Waals surface area contributed by atoms with Crippen molar-refractivity contribution in [3.05, 3.63) is 47.5 Å². The maximum Gasteiger partial charge on any atom is 0.104 e. The van der Waals surface area contributed by atoms with E-state index in [1.54, 1.807) is 0 Å². The molecule has 84 valence electrons. The molecule has 0 aromatic heterocycles. The number of nitrogens with zero attached hydrogens (tertiary/aromatic N) is 1. The van der Waals surface area contributed by atoms with Crippen LogP contribution in [0.15, 0.2) is 42.0 Å². The van der Waals surface area contributed by atoms with Crippen LogP contribution in [0.5, 0.6) is 0 Å². The first-order chi connectivity index (χ1) is 7.84. The van der Waals surface area contributed by atoms with Crippen LogP contribution in [0.4, 0.5) is 0 Å². The lowest BCUT2D eigenvalue weighted by atomic mass is 9.91. The van der Waals surface area contributed by atoms with E-state index in [9.17, 15) is 0 Å². The average Bonchev–Trinajstić information content (AvgIpc) is 2.73. The fourth-order valence-electron chi connectivity index (χ4n) is 2.68. The van der Waals surface area contributed by atoms with Crippen LogP contribution in [0, 0.1) is 5.92 Å². The molecule has 2 heteroatoms. The van der Waals surface area contributed by atoms with Gasteiger partial charge in [-0.05, 0) is 18.2 Å². The van der Waals surface area contributed by atoms with Gasteiger partial charge in [0.15, 0.2) is 0 Å². The molecule has 16 heavy (non-hydrogen) atoms. The summed E-state index contributed by atoms with van der Waals surface area (Å²) in [6, 6.07) is 10.5. The van der Waals surface area contributed by atoms with E-state index < -0.39 is 0 Å². The first kappa shape index (κ1) is 10.1. The molecule has 2 atom stereocenters. The largest absolute Gasteiger partial charge is 0.368 e.